The zero-order valence-electron chi connectivity index (χ0n) is 95.2. The fourth-order valence-electron chi connectivity index (χ4n) is 20.3. The average molecular weight is 1700 g/mol. The van der Waals surface area contributed by atoms with E-state index in [2.05, 4.69) is 304 Å². The minimum Gasteiger partial charge on any atom is -0.310 e. The van der Waals surface area contributed by atoms with E-state index in [-0.39, 0.29) is 78.5 Å². The van der Waals surface area contributed by atoms with Crippen LogP contribution in [0, 0.1) is 48.7 Å². The number of benzene rings is 13. The summed E-state index contributed by atoms with van der Waals surface area (Å²) >= 11 is 0. The molecular weight excluding hydrogens is 1540 g/mol. The van der Waals surface area contributed by atoms with Crippen molar-refractivity contribution in [1.29, 1.82) is 0 Å². The van der Waals surface area contributed by atoms with Crippen molar-refractivity contribution < 1.29 is 19.2 Å². The highest BCUT2D eigenvalue weighted by Crippen LogP contribution is 2.56. The Hall–Kier alpha value is -10.9. The molecule has 656 valence electrons. The Morgan fingerprint density at radius 2 is 0.547 bits per heavy atom. The van der Waals surface area contributed by atoms with Gasteiger partial charge in [-0.25, -0.2) is 0 Å². The number of nitrogens with zero attached hydrogens (tertiary/aromatic N) is 4. The van der Waals surface area contributed by atoms with Crippen molar-refractivity contribution in [2.75, 3.05) is 9.80 Å². The predicted molar refractivity (Wildman–Crippen MR) is 559 cm³/mol. The highest BCUT2D eigenvalue weighted by molar-refractivity contribution is 7.00. The number of aromatic nitrogens is 2. The molecule has 0 unspecified atom stereocenters. The Morgan fingerprint density at radius 1 is 0.250 bits per heavy atom. The molecule has 13 aromatic carbocycles. The van der Waals surface area contributed by atoms with Crippen molar-refractivity contribution in [3.8, 4) is 55.9 Å². The summed E-state index contributed by atoms with van der Waals surface area (Å²) in [5.41, 5.74) is 20.9. The maximum atomic E-state index is 11.3. The van der Waals surface area contributed by atoms with Gasteiger partial charge >= 0.3 is 0 Å². The summed E-state index contributed by atoms with van der Waals surface area (Å²) in [6, 6.07) is 70.9. The van der Waals surface area contributed by atoms with E-state index in [1.165, 1.54) is 0 Å². The molecule has 0 aliphatic carbocycles. The first kappa shape index (κ1) is 73.0. The summed E-state index contributed by atoms with van der Waals surface area (Å²) in [6.07, 6.45) is -1.57. The molecule has 2 aliphatic heterocycles. The highest BCUT2D eigenvalue weighted by Gasteiger charge is 2.47. The molecule has 4 nitrogen and oxygen atoms in total. The van der Waals surface area contributed by atoms with Crippen LogP contribution in [0.1, 0.15) is 256 Å². The molecule has 0 bridgehead atoms. The fourth-order valence-corrected chi connectivity index (χ4v) is 20.3. The molecule has 0 spiro atoms. The summed E-state index contributed by atoms with van der Waals surface area (Å²) in [7, 11) is 0. The van der Waals surface area contributed by atoms with Crippen LogP contribution in [0.5, 0.6) is 0 Å². The zero-order valence-corrected chi connectivity index (χ0v) is 81.2. The zero-order chi connectivity index (χ0) is 104. The molecule has 0 fully saturated rings. The van der Waals surface area contributed by atoms with Crippen LogP contribution in [-0.2, 0) is 57.6 Å². The molecule has 0 radical (unpaired) electrons. The minimum atomic E-state index is -2.16. The van der Waals surface area contributed by atoms with E-state index in [4.69, 9.17) is 0 Å². The molecule has 2 aromatic heterocycles. The van der Waals surface area contributed by atoms with Gasteiger partial charge in [-0.05, 0) is 292 Å². The van der Waals surface area contributed by atoms with Gasteiger partial charge in [-0.3, -0.25) is 0 Å². The van der Waals surface area contributed by atoms with Crippen LogP contribution < -0.4 is 26.2 Å². The second-order valence-electron chi connectivity index (χ2n) is 47.5. The van der Waals surface area contributed by atoms with Crippen molar-refractivity contribution in [3.05, 3.63) is 305 Å². The van der Waals surface area contributed by atoms with Gasteiger partial charge in [0.25, 0.3) is 6.71 Å². The predicted octanol–water partition coefficient (Wildman–Crippen LogP) is 32.9. The van der Waals surface area contributed by atoms with E-state index in [9.17, 15) is 19.2 Å². The standard InChI is InChI=1S/C123H141BN4/c1-115(2,3)70-79-36-32-40-88(56-79)96-62-85(76-121(19,20)21)63-97(89-41-33-37-80(57-89)71-116(4,5)6)113(96)127-108-68-92(125-104-46-30-28-44-94(104)100-60-83(48-54-106(100)125)74-119(13,14)15)50-52-102(108)124-103-53-51-93(126-105-47-31-29-45-95(105)101-61-84(49-55-107(101)126)75-120(16,17)18)69-109(103)128(111-67-87(78-123(25,26)27)66-110(127)112(111)124)114-98(90-42-34-38-81(58-90)72-117(7,8)9)64-86(77-122(22,23)24)65-99(114)91-43-35-39-82(59-91)73-118(10,11)12/h28-69H,70-78H2,1-27H3/i28D,29D,30D,31D,44D,45D,46D,47D,74D2,75D2,78D2. The Morgan fingerprint density at radius 3 is 0.852 bits per heavy atom. The first-order valence-corrected chi connectivity index (χ1v) is 46.5. The normalized spacial score (nSPS) is 15.6. The number of rotatable bonds is 17. The summed E-state index contributed by atoms with van der Waals surface area (Å²) in [4.78, 5) is 4.88. The first-order chi connectivity index (χ1) is 65.6. The average Bonchev–Trinajstić information content (AvgIpc) is 0.684. The van der Waals surface area contributed by atoms with Crippen LogP contribution in [0.3, 0.4) is 0 Å². The molecule has 5 heteroatoms. The largest absolute Gasteiger partial charge is 0.310 e. The van der Waals surface area contributed by atoms with E-state index >= 15 is 0 Å². The Balaban J connectivity index is 1.14. The third-order valence-electron chi connectivity index (χ3n) is 24.1. The van der Waals surface area contributed by atoms with Gasteiger partial charge < -0.3 is 18.9 Å². The lowest BCUT2D eigenvalue weighted by atomic mass is 9.33. The Labute approximate surface area is 788 Å². The van der Waals surface area contributed by atoms with Crippen LogP contribution in [0.2, 0.25) is 0 Å². The van der Waals surface area contributed by atoms with E-state index in [0.717, 1.165) is 131 Å². The molecule has 0 saturated carbocycles. The lowest BCUT2D eigenvalue weighted by Gasteiger charge is -2.46. The monoisotopic (exact) mass is 1700 g/mol. The maximum Gasteiger partial charge on any atom is 0.252 e. The lowest BCUT2D eigenvalue weighted by Crippen LogP contribution is -2.61. The van der Waals surface area contributed by atoms with Crippen molar-refractivity contribution in [2.24, 2.45) is 48.7 Å². The van der Waals surface area contributed by atoms with Gasteiger partial charge in [0.15, 0.2) is 0 Å². The van der Waals surface area contributed by atoms with E-state index in [1.54, 1.807) is 24.3 Å². The minimum absolute atomic E-state index is 0.127. The lowest BCUT2D eigenvalue weighted by molar-refractivity contribution is 0.410. The van der Waals surface area contributed by atoms with Crippen LogP contribution in [0.4, 0.5) is 34.1 Å². The Kier molecular flexibility index (Phi) is 18.6. The quantitative estimate of drug-likeness (QED) is 0.0845. The van der Waals surface area contributed by atoms with Gasteiger partial charge in [0, 0.05) is 86.1 Å². The summed E-state index contributed by atoms with van der Waals surface area (Å²) in [5.74, 6) is 0. The first-order valence-electron chi connectivity index (χ1n) is 53.5. The molecule has 4 heterocycles. The van der Waals surface area contributed by atoms with Gasteiger partial charge in [-0.1, -0.05) is 345 Å². The van der Waals surface area contributed by atoms with Crippen LogP contribution in [0.25, 0.3) is 99.5 Å². The molecule has 17 rings (SSSR count). The summed E-state index contributed by atoms with van der Waals surface area (Å²) in [6.45, 7) is 57.3. The third-order valence-corrected chi connectivity index (χ3v) is 24.1. The number of hydrogen-bond acceptors (Lipinski definition) is 2. The van der Waals surface area contributed by atoms with Crippen molar-refractivity contribution in [2.45, 2.75) is 245 Å². The molecule has 0 saturated heterocycles. The van der Waals surface area contributed by atoms with Gasteiger partial charge in [0.1, 0.15) is 0 Å². The smallest absolute Gasteiger partial charge is 0.252 e. The van der Waals surface area contributed by atoms with Crippen LogP contribution in [0.15, 0.2) is 255 Å². The van der Waals surface area contributed by atoms with Gasteiger partial charge in [0.05, 0.1) is 44.4 Å². The molecule has 0 atom stereocenters. The van der Waals surface area contributed by atoms with E-state index in [0.29, 0.717) is 85.5 Å². The van der Waals surface area contributed by atoms with E-state index in [1.807, 2.05) is 83.6 Å². The van der Waals surface area contributed by atoms with Crippen molar-refractivity contribution in [3.63, 3.8) is 0 Å². The molecule has 0 N–H and O–H groups in total. The topological polar surface area (TPSA) is 16.3 Å². The maximum absolute atomic E-state index is 11.3. The molecule has 128 heavy (non-hydrogen) atoms. The SMILES string of the molecule is [2H]c1c([2H])c([2H])c2c(c1[2H])c1cc(C([2H])([2H])C(C)(C)C)ccc1n2-c1ccc2c(c1)N(c1c(-c3cccc(CC(C)(C)C)c3)cc(CC(C)(C)C)cc1-c1cccc(CC(C)(C)C)c1)c1cc(C([2H])([2H])C(C)(C)C)cc3c1B2c1ccc(-n2c4ccc(C([2H])([2H])C(C)(C)C)cc4c4c([2H])c([2H])c([2H])c([2H])c42)cc1N3c1c(-c2cccc(CC(C)(C)C)c2)cc(CC(C)(C)C)cc1-c1cccc(CC(C)(C)C)c1. The Bertz CT molecular complexity index is 7040. The number of anilines is 6. The van der Waals surface area contributed by atoms with E-state index < -0.39 is 66.2 Å². The fraction of sp³-hybridized carbons (Fsp3) is 0.366. The van der Waals surface area contributed by atoms with Crippen molar-refractivity contribution in [1.82, 2.24) is 9.13 Å². The number of hydrogen-bond donors (Lipinski definition) is 0. The molecule has 2 aliphatic rings. The van der Waals surface area contributed by atoms with Crippen LogP contribution >= 0.6 is 0 Å². The van der Waals surface area contributed by atoms with Gasteiger partial charge in [-0.2, -0.15) is 0 Å². The van der Waals surface area contributed by atoms with Crippen LogP contribution in [-0.4, -0.2) is 15.8 Å². The second kappa shape index (κ2) is 32.6. The number of fused-ring (bicyclic) bond motifs is 10. The van der Waals surface area contributed by atoms with Gasteiger partial charge in [0.2, 0.25) is 0 Å². The molecular formula is C123H141BN4. The third kappa shape index (κ3) is 19.1. The highest BCUT2D eigenvalue weighted by atomic mass is 15.2. The van der Waals surface area contributed by atoms with Gasteiger partial charge in [-0.15, -0.1) is 0 Å². The van der Waals surface area contributed by atoms with Crippen molar-refractivity contribution >= 4 is 101 Å². The summed E-state index contributed by atoms with van der Waals surface area (Å²) in [5, 5.41) is 1.38. The summed E-state index contributed by atoms with van der Waals surface area (Å²) < 4.78 is 145. The molecule has 15 aromatic rings. The second-order valence-corrected chi connectivity index (χ2v) is 47.5. The number of para-hydroxylation sites is 2. The molecule has 0 amide bonds.